The standard InChI is InChI=1S/C15H16N2O3/c1-2-3-4-8-16-15(20)17-9-7-11-10-12(14(18)19)5-6-13(11)17/h5-6,10H,4,7-9H2,1H3,(H,16,20)(H,18,19). The molecule has 0 saturated carbocycles. The molecule has 20 heavy (non-hydrogen) atoms. The predicted octanol–water partition coefficient (Wildman–Crippen LogP) is 1.87. The summed E-state index contributed by atoms with van der Waals surface area (Å²) in [6.07, 6.45) is 1.31. The van der Waals surface area contributed by atoms with Crippen LogP contribution in [0.3, 0.4) is 0 Å². The van der Waals surface area contributed by atoms with Gasteiger partial charge in [0.1, 0.15) is 0 Å². The highest BCUT2D eigenvalue weighted by molar-refractivity contribution is 5.96. The van der Waals surface area contributed by atoms with Crippen molar-refractivity contribution in [1.29, 1.82) is 0 Å². The molecule has 1 aliphatic heterocycles. The quantitative estimate of drug-likeness (QED) is 0.652. The lowest BCUT2D eigenvalue weighted by molar-refractivity contribution is 0.0697. The van der Waals surface area contributed by atoms with Crippen LogP contribution in [0.1, 0.15) is 29.3 Å². The summed E-state index contributed by atoms with van der Waals surface area (Å²) in [5.74, 6) is 4.71. The molecule has 2 rings (SSSR count). The number of urea groups is 1. The third-order valence-electron chi connectivity index (χ3n) is 3.17. The maximum Gasteiger partial charge on any atom is 0.335 e. The number of carbonyl (C=O) groups is 2. The lowest BCUT2D eigenvalue weighted by Gasteiger charge is -2.17. The zero-order valence-corrected chi connectivity index (χ0v) is 11.3. The van der Waals surface area contributed by atoms with Gasteiger partial charge in [-0.25, -0.2) is 9.59 Å². The lowest BCUT2D eigenvalue weighted by atomic mass is 10.1. The minimum Gasteiger partial charge on any atom is -0.478 e. The Hall–Kier alpha value is -2.48. The average molecular weight is 272 g/mol. The summed E-state index contributed by atoms with van der Waals surface area (Å²) in [7, 11) is 0. The molecular weight excluding hydrogens is 256 g/mol. The van der Waals surface area contributed by atoms with Gasteiger partial charge in [-0.05, 0) is 37.1 Å². The van der Waals surface area contributed by atoms with Gasteiger partial charge >= 0.3 is 12.0 Å². The van der Waals surface area contributed by atoms with Crippen molar-refractivity contribution in [3.63, 3.8) is 0 Å². The Balaban J connectivity index is 2.05. The largest absolute Gasteiger partial charge is 0.478 e. The molecule has 2 amide bonds. The van der Waals surface area contributed by atoms with Gasteiger partial charge in [-0.15, -0.1) is 11.8 Å². The van der Waals surface area contributed by atoms with E-state index in [1.54, 1.807) is 24.0 Å². The predicted molar refractivity (Wildman–Crippen MR) is 75.9 cm³/mol. The van der Waals surface area contributed by atoms with Gasteiger partial charge in [0.2, 0.25) is 0 Å². The molecule has 2 N–H and O–H groups in total. The zero-order valence-electron chi connectivity index (χ0n) is 11.3. The molecule has 0 atom stereocenters. The molecule has 1 heterocycles. The van der Waals surface area contributed by atoms with Crippen molar-refractivity contribution < 1.29 is 14.7 Å². The summed E-state index contributed by atoms with van der Waals surface area (Å²) >= 11 is 0. The lowest BCUT2D eigenvalue weighted by Crippen LogP contribution is -2.39. The Bertz CT molecular complexity index is 599. The van der Waals surface area contributed by atoms with Gasteiger partial charge in [0.15, 0.2) is 0 Å². The summed E-state index contributed by atoms with van der Waals surface area (Å²) in [5, 5.41) is 11.8. The zero-order chi connectivity index (χ0) is 14.5. The number of hydrogen-bond acceptors (Lipinski definition) is 2. The molecule has 0 unspecified atom stereocenters. The highest BCUT2D eigenvalue weighted by atomic mass is 16.4. The molecule has 5 heteroatoms. The Morgan fingerprint density at radius 1 is 1.45 bits per heavy atom. The second-order valence-corrected chi connectivity index (χ2v) is 4.46. The van der Waals surface area contributed by atoms with Gasteiger partial charge in [0.25, 0.3) is 0 Å². The highest BCUT2D eigenvalue weighted by Crippen LogP contribution is 2.28. The molecule has 0 aromatic heterocycles. The van der Waals surface area contributed by atoms with Crippen LogP contribution in [0.25, 0.3) is 0 Å². The fourth-order valence-corrected chi connectivity index (χ4v) is 2.20. The van der Waals surface area contributed by atoms with Crippen molar-refractivity contribution in [1.82, 2.24) is 5.32 Å². The molecule has 0 radical (unpaired) electrons. The molecular formula is C15H16N2O3. The summed E-state index contributed by atoms with van der Waals surface area (Å²) in [5.41, 5.74) is 1.94. The van der Waals surface area contributed by atoms with Crippen LogP contribution in [0.5, 0.6) is 0 Å². The smallest absolute Gasteiger partial charge is 0.335 e. The van der Waals surface area contributed by atoms with Gasteiger partial charge < -0.3 is 10.4 Å². The number of carboxylic acid groups (broad SMARTS) is 1. The number of amides is 2. The topological polar surface area (TPSA) is 69.6 Å². The van der Waals surface area contributed by atoms with Gasteiger partial charge in [0, 0.05) is 25.2 Å². The minimum atomic E-state index is -0.950. The van der Waals surface area contributed by atoms with Crippen LogP contribution >= 0.6 is 0 Å². The maximum absolute atomic E-state index is 12.0. The first kappa shape index (κ1) is 13.9. The molecule has 1 aromatic rings. The van der Waals surface area contributed by atoms with Crippen LogP contribution in [0.15, 0.2) is 18.2 Å². The summed E-state index contributed by atoms with van der Waals surface area (Å²) < 4.78 is 0. The molecule has 0 saturated heterocycles. The first-order valence-corrected chi connectivity index (χ1v) is 6.44. The normalized spacial score (nSPS) is 12.3. The van der Waals surface area contributed by atoms with E-state index in [2.05, 4.69) is 17.2 Å². The van der Waals surface area contributed by atoms with Gasteiger partial charge in [0.05, 0.1) is 5.56 Å². The second kappa shape index (κ2) is 6.11. The number of nitrogens with zero attached hydrogens (tertiary/aromatic N) is 1. The van der Waals surface area contributed by atoms with E-state index in [-0.39, 0.29) is 11.6 Å². The molecule has 1 aliphatic rings. The van der Waals surface area contributed by atoms with E-state index in [1.807, 2.05) is 0 Å². The SMILES string of the molecule is CC#CCCNC(=O)N1CCc2cc(C(=O)O)ccc21. The van der Waals surface area contributed by atoms with Crippen LogP contribution in [0, 0.1) is 11.8 Å². The van der Waals surface area contributed by atoms with Crippen LogP contribution in [0.4, 0.5) is 10.5 Å². The first-order chi connectivity index (χ1) is 9.63. The average Bonchev–Trinajstić information content (AvgIpc) is 2.86. The van der Waals surface area contributed by atoms with E-state index in [0.717, 1.165) is 11.3 Å². The van der Waals surface area contributed by atoms with E-state index in [0.29, 0.717) is 25.9 Å². The Labute approximate surface area is 117 Å². The number of hydrogen-bond donors (Lipinski definition) is 2. The van der Waals surface area contributed by atoms with Crippen molar-refractivity contribution in [2.24, 2.45) is 0 Å². The summed E-state index contributed by atoms with van der Waals surface area (Å²) in [6.45, 7) is 2.85. The summed E-state index contributed by atoms with van der Waals surface area (Å²) in [6, 6.07) is 4.68. The number of carbonyl (C=O) groups excluding carboxylic acids is 1. The third kappa shape index (κ3) is 2.91. The van der Waals surface area contributed by atoms with E-state index in [4.69, 9.17) is 5.11 Å². The van der Waals surface area contributed by atoms with E-state index in [9.17, 15) is 9.59 Å². The number of anilines is 1. The van der Waals surface area contributed by atoms with Crippen LogP contribution in [-0.2, 0) is 6.42 Å². The van der Waals surface area contributed by atoms with Crippen LogP contribution < -0.4 is 10.2 Å². The molecule has 0 fully saturated rings. The van der Waals surface area contributed by atoms with Crippen LogP contribution in [-0.4, -0.2) is 30.2 Å². The Morgan fingerprint density at radius 2 is 2.25 bits per heavy atom. The minimum absolute atomic E-state index is 0.162. The maximum atomic E-state index is 12.0. The first-order valence-electron chi connectivity index (χ1n) is 6.44. The summed E-state index contributed by atoms with van der Waals surface area (Å²) in [4.78, 5) is 24.6. The van der Waals surface area contributed by atoms with Gasteiger partial charge in [-0.3, -0.25) is 4.90 Å². The van der Waals surface area contributed by atoms with Gasteiger partial charge in [-0.2, -0.15) is 0 Å². The van der Waals surface area contributed by atoms with Gasteiger partial charge in [-0.1, -0.05) is 0 Å². The number of fused-ring (bicyclic) bond motifs is 1. The number of rotatable bonds is 3. The molecule has 0 spiro atoms. The Morgan fingerprint density at radius 3 is 2.95 bits per heavy atom. The third-order valence-corrected chi connectivity index (χ3v) is 3.17. The molecule has 104 valence electrons. The van der Waals surface area contributed by atoms with E-state index < -0.39 is 5.97 Å². The van der Waals surface area contributed by atoms with Crippen molar-refractivity contribution >= 4 is 17.7 Å². The molecule has 5 nitrogen and oxygen atoms in total. The number of aromatic carboxylic acids is 1. The fraction of sp³-hybridized carbons (Fsp3) is 0.333. The molecule has 0 bridgehead atoms. The highest BCUT2D eigenvalue weighted by Gasteiger charge is 2.25. The van der Waals surface area contributed by atoms with Crippen molar-refractivity contribution in [2.45, 2.75) is 19.8 Å². The fourth-order valence-electron chi connectivity index (χ4n) is 2.20. The monoisotopic (exact) mass is 272 g/mol. The molecule has 1 aromatic carbocycles. The van der Waals surface area contributed by atoms with E-state index >= 15 is 0 Å². The van der Waals surface area contributed by atoms with Crippen LogP contribution in [0.2, 0.25) is 0 Å². The van der Waals surface area contributed by atoms with Crippen molar-refractivity contribution in [2.75, 3.05) is 18.0 Å². The van der Waals surface area contributed by atoms with E-state index in [1.165, 1.54) is 6.07 Å². The van der Waals surface area contributed by atoms with Crippen molar-refractivity contribution in [3.8, 4) is 11.8 Å². The Kier molecular flexibility index (Phi) is 4.26. The number of nitrogens with one attached hydrogen (secondary N) is 1. The molecule has 0 aliphatic carbocycles. The number of carboxylic acids is 1. The second-order valence-electron chi connectivity index (χ2n) is 4.46. The number of benzene rings is 1. The van der Waals surface area contributed by atoms with Crippen molar-refractivity contribution in [3.05, 3.63) is 29.3 Å².